The van der Waals surface area contributed by atoms with Gasteiger partial charge in [0.1, 0.15) is 36.8 Å². The molecule has 1 heterocycles. The summed E-state index contributed by atoms with van der Waals surface area (Å²) in [6.45, 7) is 3.66. The molecule has 0 aromatic rings. The van der Waals surface area contributed by atoms with Gasteiger partial charge in [-0.1, -0.05) is 109 Å². The van der Waals surface area contributed by atoms with Crippen LogP contribution in [-0.2, 0) is 38.7 Å². The first-order valence-electron chi connectivity index (χ1n) is 19.9. The van der Waals surface area contributed by atoms with Crippen LogP contribution < -0.4 is 0 Å². The number of hydrogen-bond donors (Lipinski definition) is 4. The van der Waals surface area contributed by atoms with Crippen molar-refractivity contribution < 1.29 is 56.8 Å². The molecule has 4 N–H and O–H groups in total. The lowest BCUT2D eigenvalue weighted by atomic mass is 10.00. The fraction of sp³-hybridized carbons (Fsp3) is 0.846. The predicted octanol–water partition coefficient (Wildman–Crippen LogP) is 6.89. The number of esters is 2. The number of aliphatic hydroxyl groups is 3. The second-order valence-corrected chi connectivity index (χ2v) is 15.4. The number of ether oxygens (including phenoxy) is 4. The maximum Gasteiger partial charge on any atom is 0.306 e. The van der Waals surface area contributed by atoms with Crippen LogP contribution in [-0.4, -0.2) is 96.0 Å². The molecule has 0 aromatic heterocycles. The number of hydrogen-bond acceptors (Lipinski definition) is 11. The highest BCUT2D eigenvalue weighted by Crippen LogP contribution is 2.24. The summed E-state index contributed by atoms with van der Waals surface area (Å²) in [7, 11) is -4.60. The molecule has 304 valence electrons. The molecule has 0 radical (unpaired) electrons. The summed E-state index contributed by atoms with van der Waals surface area (Å²) in [5, 5.41) is 30.7. The third-order valence-corrected chi connectivity index (χ3v) is 9.75. The Bertz CT molecular complexity index is 1080. The van der Waals surface area contributed by atoms with Crippen molar-refractivity contribution in [3.05, 3.63) is 24.3 Å². The van der Waals surface area contributed by atoms with E-state index >= 15 is 0 Å². The Labute approximate surface area is 313 Å². The molecule has 0 saturated carbocycles. The summed E-state index contributed by atoms with van der Waals surface area (Å²) < 4.78 is 53.8. The van der Waals surface area contributed by atoms with Crippen LogP contribution in [0.25, 0.3) is 0 Å². The summed E-state index contributed by atoms with van der Waals surface area (Å²) in [5.41, 5.74) is 0. The van der Waals surface area contributed by atoms with Crippen LogP contribution in [0.3, 0.4) is 0 Å². The first-order chi connectivity index (χ1) is 25.0. The normalized spacial score (nSPS) is 21.5. The Morgan fingerprint density at radius 1 is 0.635 bits per heavy atom. The Balaban J connectivity index is 2.54. The van der Waals surface area contributed by atoms with Crippen molar-refractivity contribution in [1.29, 1.82) is 0 Å². The SMILES string of the molecule is CCCC/C=C/CCCCCCCC(=O)OC[C@H](CO[C@H]1O[C@H](CS(=O)(=O)O)[C@@H](O)C(O)C1O)OC(=O)CCCCC/C=C/CCCCCCCC. The van der Waals surface area contributed by atoms with Crippen molar-refractivity contribution >= 4 is 22.1 Å². The summed E-state index contributed by atoms with van der Waals surface area (Å²) in [6, 6.07) is 0. The van der Waals surface area contributed by atoms with Gasteiger partial charge in [-0.25, -0.2) is 0 Å². The number of carbonyl (C=O) groups excluding carboxylic acids is 2. The second kappa shape index (κ2) is 30.5. The lowest BCUT2D eigenvalue weighted by Crippen LogP contribution is -2.60. The van der Waals surface area contributed by atoms with Crippen LogP contribution in [0.1, 0.15) is 155 Å². The Morgan fingerprint density at radius 3 is 1.67 bits per heavy atom. The third-order valence-electron chi connectivity index (χ3n) is 9.00. The number of unbranched alkanes of at least 4 members (excludes halogenated alkanes) is 16. The van der Waals surface area contributed by atoms with Gasteiger partial charge in [0, 0.05) is 12.8 Å². The highest BCUT2D eigenvalue weighted by molar-refractivity contribution is 7.85. The molecule has 13 heteroatoms. The summed E-state index contributed by atoms with van der Waals surface area (Å²) in [6.07, 6.45) is 21.0. The first kappa shape index (κ1) is 48.1. The molecule has 1 aliphatic rings. The van der Waals surface area contributed by atoms with Gasteiger partial charge in [0.15, 0.2) is 12.4 Å². The van der Waals surface area contributed by atoms with E-state index in [4.69, 9.17) is 18.9 Å². The molecule has 12 nitrogen and oxygen atoms in total. The number of allylic oxidation sites excluding steroid dienone is 4. The van der Waals surface area contributed by atoms with Gasteiger partial charge in [0.25, 0.3) is 10.1 Å². The van der Waals surface area contributed by atoms with Crippen molar-refractivity contribution in [2.24, 2.45) is 0 Å². The van der Waals surface area contributed by atoms with Crippen molar-refractivity contribution in [3.63, 3.8) is 0 Å². The highest BCUT2D eigenvalue weighted by atomic mass is 32.2. The molecule has 1 fully saturated rings. The highest BCUT2D eigenvalue weighted by Gasteiger charge is 2.46. The minimum atomic E-state index is -4.60. The number of rotatable bonds is 32. The Hall–Kier alpha value is -1.87. The topological polar surface area (TPSA) is 186 Å². The molecule has 0 spiro atoms. The predicted molar refractivity (Wildman–Crippen MR) is 201 cm³/mol. The van der Waals surface area contributed by atoms with Gasteiger partial charge >= 0.3 is 11.9 Å². The molecule has 0 aromatic carbocycles. The second-order valence-electron chi connectivity index (χ2n) is 13.9. The molecule has 52 heavy (non-hydrogen) atoms. The largest absolute Gasteiger partial charge is 0.462 e. The van der Waals surface area contributed by atoms with E-state index < -0.39 is 71.2 Å². The van der Waals surface area contributed by atoms with Gasteiger partial charge in [-0.15, -0.1) is 0 Å². The van der Waals surface area contributed by atoms with E-state index in [1.807, 2.05) is 0 Å². The van der Waals surface area contributed by atoms with E-state index in [1.165, 1.54) is 51.4 Å². The van der Waals surface area contributed by atoms with E-state index in [9.17, 15) is 37.9 Å². The Kier molecular flexibility index (Phi) is 28.2. The van der Waals surface area contributed by atoms with Crippen LogP contribution in [0, 0.1) is 0 Å². The van der Waals surface area contributed by atoms with Crippen molar-refractivity contribution in [1.82, 2.24) is 0 Å². The monoisotopic (exact) mass is 762 g/mol. The molecule has 0 bridgehead atoms. The number of carbonyl (C=O) groups is 2. The van der Waals surface area contributed by atoms with E-state index in [1.54, 1.807) is 0 Å². The molecule has 1 rings (SSSR count). The molecular weight excluding hydrogens is 692 g/mol. The van der Waals surface area contributed by atoms with E-state index in [-0.39, 0.29) is 19.4 Å². The van der Waals surface area contributed by atoms with E-state index in [0.717, 1.165) is 64.2 Å². The molecule has 1 aliphatic heterocycles. The minimum absolute atomic E-state index is 0.143. The smallest absolute Gasteiger partial charge is 0.306 e. The standard InChI is InChI=1S/C39H70O12S/c1-3-5-7-9-11-13-15-16-18-20-22-24-26-28-35(41)50-32(29-48-34(40)27-25-23-21-19-17-14-12-10-8-6-4-2)30-49-39-38(44)37(43)36(42)33(51-39)31-52(45,46)47/h10,12,16,18,32-33,36-39,42-44H,3-9,11,13-15,17,19-31H2,1-2H3,(H,45,46,47)/b12-10+,18-16+/t32-,33-,36-,37?,38?,39+/m1/s1. The fourth-order valence-corrected chi connectivity index (χ4v) is 6.52. The van der Waals surface area contributed by atoms with Crippen LogP contribution in [0.2, 0.25) is 0 Å². The summed E-state index contributed by atoms with van der Waals surface area (Å²) >= 11 is 0. The Morgan fingerprint density at radius 2 is 1.12 bits per heavy atom. The van der Waals surface area contributed by atoms with Gasteiger partial charge in [-0.3, -0.25) is 14.1 Å². The van der Waals surface area contributed by atoms with Gasteiger partial charge in [0.2, 0.25) is 0 Å². The lowest BCUT2D eigenvalue weighted by molar-refractivity contribution is -0.297. The van der Waals surface area contributed by atoms with Crippen molar-refractivity contribution in [2.75, 3.05) is 19.0 Å². The minimum Gasteiger partial charge on any atom is -0.462 e. The molecule has 0 aliphatic carbocycles. The van der Waals surface area contributed by atoms with Crippen molar-refractivity contribution in [3.8, 4) is 0 Å². The molecule has 1 saturated heterocycles. The zero-order valence-electron chi connectivity index (χ0n) is 31.9. The zero-order valence-corrected chi connectivity index (χ0v) is 32.7. The molecule has 2 unspecified atom stereocenters. The van der Waals surface area contributed by atoms with Crippen LogP contribution in [0.15, 0.2) is 24.3 Å². The van der Waals surface area contributed by atoms with Crippen molar-refractivity contribution in [2.45, 2.75) is 192 Å². The zero-order chi connectivity index (χ0) is 38.5. The third kappa shape index (κ3) is 25.2. The van der Waals surface area contributed by atoms with E-state index in [2.05, 4.69) is 38.2 Å². The van der Waals surface area contributed by atoms with Crippen LogP contribution >= 0.6 is 0 Å². The van der Waals surface area contributed by atoms with Gasteiger partial charge in [0.05, 0.1) is 6.61 Å². The number of aliphatic hydroxyl groups excluding tert-OH is 3. The fourth-order valence-electron chi connectivity index (χ4n) is 5.83. The maximum atomic E-state index is 12.7. The average molecular weight is 763 g/mol. The quantitative estimate of drug-likeness (QED) is 0.0241. The van der Waals surface area contributed by atoms with E-state index in [0.29, 0.717) is 12.8 Å². The first-order valence-corrected chi connectivity index (χ1v) is 21.5. The molecule has 0 amide bonds. The summed E-state index contributed by atoms with van der Waals surface area (Å²) in [4.78, 5) is 25.2. The molecule has 6 atom stereocenters. The van der Waals surface area contributed by atoms with Gasteiger partial charge in [-0.2, -0.15) is 8.42 Å². The summed E-state index contributed by atoms with van der Waals surface area (Å²) in [5.74, 6) is -2.02. The molecular formula is C39H70O12S. The lowest BCUT2D eigenvalue weighted by Gasteiger charge is -2.40. The van der Waals surface area contributed by atoms with Crippen LogP contribution in [0.4, 0.5) is 0 Å². The van der Waals surface area contributed by atoms with Gasteiger partial charge < -0.3 is 34.3 Å². The average Bonchev–Trinajstić information content (AvgIpc) is 3.10. The van der Waals surface area contributed by atoms with Gasteiger partial charge in [-0.05, 0) is 57.8 Å². The maximum absolute atomic E-state index is 12.7. The van der Waals surface area contributed by atoms with Crippen LogP contribution in [0.5, 0.6) is 0 Å².